The van der Waals surface area contributed by atoms with Crippen molar-refractivity contribution in [3.63, 3.8) is 0 Å². The second-order valence-electron chi connectivity index (χ2n) is 6.84. The van der Waals surface area contributed by atoms with Gasteiger partial charge in [-0.05, 0) is 37.0 Å². The van der Waals surface area contributed by atoms with Crippen molar-refractivity contribution in [2.24, 2.45) is 11.3 Å². The highest BCUT2D eigenvalue weighted by atomic mass is 16.4. The normalized spacial score (nSPS) is 25.1. The average molecular weight is 267 g/mol. The van der Waals surface area contributed by atoms with Gasteiger partial charge < -0.3 is 5.11 Å². The third-order valence-electron chi connectivity index (χ3n) is 4.38. The largest absolute Gasteiger partial charge is 0.480 e. The zero-order valence-corrected chi connectivity index (χ0v) is 12.7. The van der Waals surface area contributed by atoms with E-state index in [0.29, 0.717) is 18.0 Å². The summed E-state index contributed by atoms with van der Waals surface area (Å²) in [7, 11) is 0. The van der Waals surface area contributed by atoms with Gasteiger partial charge in [0.15, 0.2) is 0 Å². The van der Waals surface area contributed by atoms with E-state index < -0.39 is 5.97 Å². The summed E-state index contributed by atoms with van der Waals surface area (Å²) in [5.41, 5.74) is 0.366. The van der Waals surface area contributed by atoms with Crippen LogP contribution in [0.1, 0.15) is 52.9 Å². The lowest BCUT2D eigenvalue weighted by Gasteiger charge is -2.31. The summed E-state index contributed by atoms with van der Waals surface area (Å²) in [6, 6.07) is 0.404. The molecule has 1 aliphatic rings. The molecule has 0 aromatic heterocycles. The first-order valence-electron chi connectivity index (χ1n) is 7.41. The lowest BCUT2D eigenvalue weighted by Crippen LogP contribution is -2.39. The third kappa shape index (κ3) is 5.35. The maximum atomic E-state index is 11.0. The van der Waals surface area contributed by atoms with E-state index in [9.17, 15) is 4.79 Å². The summed E-state index contributed by atoms with van der Waals surface area (Å²) in [5, 5.41) is 9.02. The standard InChI is InChI=1S/C16H29NO2/c1-5-11-17(12-15(18)19)14-8-6-7-13(9-10-14)16(2,3)4/h5,13-14H,1,6-12H2,2-4H3,(H,18,19). The quantitative estimate of drug-likeness (QED) is 0.611. The van der Waals surface area contributed by atoms with Crippen LogP contribution >= 0.6 is 0 Å². The van der Waals surface area contributed by atoms with Gasteiger partial charge in [-0.1, -0.05) is 33.3 Å². The van der Waals surface area contributed by atoms with Crippen LogP contribution in [-0.4, -0.2) is 35.1 Å². The van der Waals surface area contributed by atoms with Crippen molar-refractivity contribution in [1.82, 2.24) is 4.90 Å². The van der Waals surface area contributed by atoms with Crippen LogP contribution in [-0.2, 0) is 4.79 Å². The molecule has 19 heavy (non-hydrogen) atoms. The molecule has 0 aromatic carbocycles. The summed E-state index contributed by atoms with van der Waals surface area (Å²) in [4.78, 5) is 13.0. The van der Waals surface area contributed by atoms with E-state index in [0.717, 1.165) is 18.8 Å². The molecule has 1 saturated carbocycles. The lowest BCUT2D eigenvalue weighted by molar-refractivity contribution is -0.138. The average Bonchev–Trinajstić information content (AvgIpc) is 2.52. The van der Waals surface area contributed by atoms with Crippen molar-refractivity contribution in [1.29, 1.82) is 0 Å². The fraction of sp³-hybridized carbons (Fsp3) is 0.812. The van der Waals surface area contributed by atoms with Crippen molar-refractivity contribution < 1.29 is 9.90 Å². The summed E-state index contributed by atoms with van der Waals surface area (Å²) >= 11 is 0. The van der Waals surface area contributed by atoms with E-state index >= 15 is 0 Å². The first kappa shape index (κ1) is 16.2. The van der Waals surface area contributed by atoms with Gasteiger partial charge in [0.2, 0.25) is 0 Å². The molecule has 1 rings (SSSR count). The summed E-state index contributed by atoms with van der Waals surface area (Å²) in [6.45, 7) is 11.5. The van der Waals surface area contributed by atoms with Gasteiger partial charge in [-0.25, -0.2) is 0 Å². The van der Waals surface area contributed by atoms with E-state index in [4.69, 9.17) is 5.11 Å². The molecule has 0 aromatic rings. The van der Waals surface area contributed by atoms with Crippen LogP contribution in [0.25, 0.3) is 0 Å². The van der Waals surface area contributed by atoms with Crippen LogP contribution in [0, 0.1) is 11.3 Å². The Kier molecular flexibility index (Phi) is 6.05. The van der Waals surface area contributed by atoms with E-state index in [1.54, 1.807) is 0 Å². The van der Waals surface area contributed by atoms with Gasteiger partial charge in [-0.3, -0.25) is 9.69 Å². The molecule has 1 aliphatic carbocycles. The predicted octanol–water partition coefficient (Wildman–Crippen LogP) is 3.55. The van der Waals surface area contributed by atoms with Crippen LogP contribution in [0.3, 0.4) is 0 Å². The molecule has 1 N–H and O–H groups in total. The van der Waals surface area contributed by atoms with Crippen molar-refractivity contribution in [3.05, 3.63) is 12.7 Å². The molecular weight excluding hydrogens is 238 g/mol. The second kappa shape index (κ2) is 7.09. The molecule has 3 heteroatoms. The van der Waals surface area contributed by atoms with Crippen molar-refractivity contribution in [3.8, 4) is 0 Å². The Balaban J connectivity index is 2.63. The van der Waals surface area contributed by atoms with E-state index in [-0.39, 0.29) is 6.54 Å². The van der Waals surface area contributed by atoms with Gasteiger partial charge >= 0.3 is 5.97 Å². The summed E-state index contributed by atoms with van der Waals surface area (Å²) in [6.07, 6.45) is 7.74. The molecule has 0 saturated heterocycles. The Morgan fingerprint density at radius 3 is 2.53 bits per heavy atom. The molecule has 3 nitrogen and oxygen atoms in total. The molecule has 0 spiro atoms. The number of rotatable bonds is 5. The number of aliphatic carboxylic acids is 1. The van der Waals surface area contributed by atoms with Crippen molar-refractivity contribution >= 4 is 5.97 Å². The van der Waals surface area contributed by atoms with Crippen LogP contribution in [0.15, 0.2) is 12.7 Å². The lowest BCUT2D eigenvalue weighted by atomic mass is 9.76. The van der Waals surface area contributed by atoms with Crippen LogP contribution in [0.4, 0.5) is 0 Å². The highest BCUT2D eigenvalue weighted by molar-refractivity contribution is 5.69. The summed E-state index contributed by atoms with van der Waals surface area (Å²) in [5.74, 6) is 0.0198. The molecule has 1 fully saturated rings. The first-order valence-corrected chi connectivity index (χ1v) is 7.41. The number of nitrogens with zero attached hydrogens (tertiary/aromatic N) is 1. The third-order valence-corrected chi connectivity index (χ3v) is 4.38. The van der Waals surface area contributed by atoms with Crippen LogP contribution in [0.2, 0.25) is 0 Å². The van der Waals surface area contributed by atoms with Crippen molar-refractivity contribution in [2.45, 2.75) is 58.9 Å². The zero-order chi connectivity index (χ0) is 14.5. The Morgan fingerprint density at radius 2 is 2.00 bits per heavy atom. The van der Waals surface area contributed by atoms with E-state index in [1.165, 1.54) is 19.3 Å². The molecule has 0 heterocycles. The van der Waals surface area contributed by atoms with Gasteiger partial charge in [0.1, 0.15) is 0 Å². The SMILES string of the molecule is C=CCN(CC(=O)O)C1CCCC(C(C)(C)C)CC1. The first-order chi connectivity index (χ1) is 8.84. The Hall–Kier alpha value is -0.830. The molecular formula is C16H29NO2. The number of hydrogen-bond acceptors (Lipinski definition) is 2. The van der Waals surface area contributed by atoms with Crippen LogP contribution in [0.5, 0.6) is 0 Å². The number of carboxylic acid groups (broad SMARTS) is 1. The summed E-state index contributed by atoms with van der Waals surface area (Å²) < 4.78 is 0. The van der Waals surface area contributed by atoms with Gasteiger partial charge in [-0.2, -0.15) is 0 Å². The number of hydrogen-bond donors (Lipinski definition) is 1. The zero-order valence-electron chi connectivity index (χ0n) is 12.7. The highest BCUT2D eigenvalue weighted by Crippen LogP contribution is 2.37. The van der Waals surface area contributed by atoms with E-state index in [1.807, 2.05) is 6.08 Å². The fourth-order valence-electron chi connectivity index (χ4n) is 3.20. The fourth-order valence-corrected chi connectivity index (χ4v) is 3.20. The second-order valence-corrected chi connectivity index (χ2v) is 6.84. The molecule has 2 atom stereocenters. The minimum Gasteiger partial charge on any atom is -0.480 e. The molecule has 2 unspecified atom stereocenters. The van der Waals surface area contributed by atoms with Crippen LogP contribution < -0.4 is 0 Å². The predicted molar refractivity (Wildman–Crippen MR) is 79.2 cm³/mol. The minimum absolute atomic E-state index is 0.136. The van der Waals surface area contributed by atoms with Gasteiger partial charge in [-0.15, -0.1) is 6.58 Å². The molecule has 0 radical (unpaired) electrons. The van der Waals surface area contributed by atoms with E-state index in [2.05, 4.69) is 32.3 Å². The maximum Gasteiger partial charge on any atom is 0.317 e. The minimum atomic E-state index is -0.738. The van der Waals surface area contributed by atoms with Gasteiger partial charge in [0, 0.05) is 12.6 Å². The topological polar surface area (TPSA) is 40.5 Å². The number of carboxylic acids is 1. The molecule has 0 bridgehead atoms. The van der Waals surface area contributed by atoms with Crippen molar-refractivity contribution in [2.75, 3.05) is 13.1 Å². The maximum absolute atomic E-state index is 11.0. The monoisotopic (exact) mass is 267 g/mol. The van der Waals surface area contributed by atoms with Gasteiger partial charge in [0.25, 0.3) is 0 Å². The Morgan fingerprint density at radius 1 is 1.32 bits per heavy atom. The molecule has 110 valence electrons. The highest BCUT2D eigenvalue weighted by Gasteiger charge is 2.30. The molecule has 0 aliphatic heterocycles. The Bertz CT molecular complexity index is 306. The number of carbonyl (C=O) groups is 1. The molecule has 0 amide bonds. The smallest absolute Gasteiger partial charge is 0.317 e. The van der Waals surface area contributed by atoms with Gasteiger partial charge in [0.05, 0.1) is 6.54 Å². The Labute approximate surface area is 117 Å².